The van der Waals surface area contributed by atoms with Crippen molar-refractivity contribution in [3.05, 3.63) is 64.2 Å². The van der Waals surface area contributed by atoms with Crippen molar-refractivity contribution >= 4 is 21.6 Å². The summed E-state index contributed by atoms with van der Waals surface area (Å²) in [4.78, 5) is 12.3. The van der Waals surface area contributed by atoms with Gasteiger partial charge in [-0.05, 0) is 30.3 Å². The van der Waals surface area contributed by atoms with Crippen LogP contribution in [-0.4, -0.2) is 15.7 Å². The molecule has 0 bridgehead atoms. The zero-order valence-corrected chi connectivity index (χ0v) is 11.7. The lowest BCUT2D eigenvalue weighted by atomic mass is 10.2. The fourth-order valence-electron chi connectivity index (χ4n) is 2.01. The van der Waals surface area contributed by atoms with E-state index in [0.29, 0.717) is 11.1 Å². The van der Waals surface area contributed by atoms with Gasteiger partial charge in [0.05, 0.1) is 21.3 Å². The van der Waals surface area contributed by atoms with Crippen LogP contribution in [0.15, 0.2) is 47.3 Å². The number of rotatable bonds is 1. The monoisotopic (exact) mass is 299 g/mol. The highest BCUT2D eigenvalue weighted by atomic mass is 32.1. The molecule has 3 aromatic rings. The Morgan fingerprint density at radius 1 is 1.24 bits per heavy atom. The Morgan fingerprint density at radius 2 is 2.05 bits per heavy atom. The van der Waals surface area contributed by atoms with E-state index in [1.54, 1.807) is 6.07 Å². The average Bonchev–Trinajstić information content (AvgIpc) is 2.84. The fraction of sp³-hybridized carbons (Fsp3) is 0.0625. The van der Waals surface area contributed by atoms with Crippen molar-refractivity contribution in [1.29, 1.82) is 0 Å². The van der Waals surface area contributed by atoms with E-state index < -0.39 is 5.82 Å². The van der Waals surface area contributed by atoms with Gasteiger partial charge in [-0.2, -0.15) is 0 Å². The van der Waals surface area contributed by atoms with Gasteiger partial charge >= 0.3 is 0 Å². The first-order valence-electron chi connectivity index (χ1n) is 6.21. The van der Waals surface area contributed by atoms with Gasteiger partial charge in [-0.1, -0.05) is 35.5 Å². The normalized spacial score (nSPS) is 10.4. The van der Waals surface area contributed by atoms with E-state index >= 15 is 0 Å². The molecule has 0 aliphatic heterocycles. The van der Waals surface area contributed by atoms with Crippen LogP contribution in [0.1, 0.15) is 5.56 Å². The second kappa shape index (κ2) is 5.52. The zero-order valence-electron chi connectivity index (χ0n) is 10.8. The van der Waals surface area contributed by atoms with Gasteiger partial charge in [-0.3, -0.25) is 4.79 Å². The standard InChI is InChI=1S/C16H10FNO2S/c17-14-8-7-12(10-11(14)4-3-9-19)18-16(20)13-5-1-2-6-15(13)21-18/h1-2,5-8,10,19H,9H2. The number of halogens is 1. The molecule has 0 saturated carbocycles. The van der Waals surface area contributed by atoms with Gasteiger partial charge in [0.15, 0.2) is 0 Å². The molecular weight excluding hydrogens is 289 g/mol. The summed E-state index contributed by atoms with van der Waals surface area (Å²) in [6.07, 6.45) is 0. The summed E-state index contributed by atoms with van der Waals surface area (Å²) < 4.78 is 16.0. The smallest absolute Gasteiger partial charge is 0.273 e. The van der Waals surface area contributed by atoms with Crippen molar-refractivity contribution in [2.24, 2.45) is 0 Å². The van der Waals surface area contributed by atoms with Crippen LogP contribution in [0.2, 0.25) is 0 Å². The molecule has 5 heteroatoms. The topological polar surface area (TPSA) is 42.2 Å². The molecule has 3 nitrogen and oxygen atoms in total. The largest absolute Gasteiger partial charge is 0.384 e. The lowest BCUT2D eigenvalue weighted by Crippen LogP contribution is -2.10. The van der Waals surface area contributed by atoms with Crippen molar-refractivity contribution in [2.45, 2.75) is 0 Å². The number of hydrogen-bond acceptors (Lipinski definition) is 3. The number of benzene rings is 2. The molecule has 0 amide bonds. The summed E-state index contributed by atoms with van der Waals surface area (Å²) in [7, 11) is 0. The fourth-order valence-corrected chi connectivity index (χ4v) is 3.00. The van der Waals surface area contributed by atoms with Crippen LogP contribution >= 0.6 is 11.5 Å². The Labute approximate surface area is 124 Å². The van der Waals surface area contributed by atoms with Gasteiger partial charge in [0.25, 0.3) is 5.56 Å². The van der Waals surface area contributed by atoms with E-state index in [1.165, 1.54) is 33.7 Å². The highest BCUT2D eigenvalue weighted by molar-refractivity contribution is 7.14. The summed E-state index contributed by atoms with van der Waals surface area (Å²) in [5, 5.41) is 9.33. The minimum absolute atomic E-state index is 0.136. The lowest BCUT2D eigenvalue weighted by Gasteiger charge is -2.02. The van der Waals surface area contributed by atoms with Crippen LogP contribution < -0.4 is 5.56 Å². The first-order valence-corrected chi connectivity index (χ1v) is 6.99. The molecule has 0 unspecified atom stereocenters. The SMILES string of the molecule is O=c1c2ccccc2sn1-c1ccc(F)c(C#CCO)c1. The Bertz CT molecular complexity index is 931. The summed E-state index contributed by atoms with van der Waals surface area (Å²) in [5.74, 6) is 4.47. The Morgan fingerprint density at radius 3 is 2.81 bits per heavy atom. The van der Waals surface area contributed by atoms with Gasteiger partial charge < -0.3 is 5.11 Å². The van der Waals surface area contributed by atoms with Crippen molar-refractivity contribution in [3.8, 4) is 17.5 Å². The first kappa shape index (κ1) is 13.6. The van der Waals surface area contributed by atoms with Crippen LogP contribution in [0.4, 0.5) is 4.39 Å². The molecule has 0 aliphatic rings. The van der Waals surface area contributed by atoms with Crippen molar-refractivity contribution in [3.63, 3.8) is 0 Å². The van der Waals surface area contributed by atoms with Gasteiger partial charge in [-0.25, -0.2) is 8.35 Å². The molecule has 3 rings (SSSR count). The number of fused-ring (bicyclic) bond motifs is 1. The van der Waals surface area contributed by atoms with Gasteiger partial charge in [-0.15, -0.1) is 0 Å². The molecule has 0 spiro atoms. The minimum atomic E-state index is -0.478. The molecule has 0 fully saturated rings. The molecule has 21 heavy (non-hydrogen) atoms. The van der Waals surface area contributed by atoms with Crippen molar-refractivity contribution in [1.82, 2.24) is 3.96 Å². The van der Waals surface area contributed by atoms with E-state index in [1.807, 2.05) is 18.2 Å². The first-order chi connectivity index (χ1) is 10.2. The predicted octanol–water partition coefficient (Wildman–Crippen LogP) is 2.54. The Balaban J connectivity index is 2.19. The molecule has 1 N–H and O–H groups in total. The summed E-state index contributed by atoms with van der Waals surface area (Å²) in [6.45, 7) is -0.341. The predicted molar refractivity (Wildman–Crippen MR) is 81.3 cm³/mol. The number of aromatic nitrogens is 1. The van der Waals surface area contributed by atoms with Crippen molar-refractivity contribution in [2.75, 3.05) is 6.61 Å². The van der Waals surface area contributed by atoms with E-state index in [4.69, 9.17) is 5.11 Å². The molecule has 0 atom stereocenters. The molecule has 2 aromatic carbocycles. The highest BCUT2D eigenvalue weighted by Gasteiger charge is 2.10. The highest BCUT2D eigenvalue weighted by Crippen LogP contribution is 2.21. The van der Waals surface area contributed by atoms with Crippen LogP contribution in [-0.2, 0) is 0 Å². The van der Waals surface area contributed by atoms with E-state index in [9.17, 15) is 9.18 Å². The van der Waals surface area contributed by atoms with Gasteiger partial charge in [0.2, 0.25) is 0 Å². The zero-order chi connectivity index (χ0) is 14.8. The third kappa shape index (κ3) is 2.47. The van der Waals surface area contributed by atoms with Crippen LogP contribution in [0.5, 0.6) is 0 Å². The Kier molecular flexibility index (Phi) is 3.57. The Hall–Kier alpha value is -2.42. The molecule has 104 valence electrons. The minimum Gasteiger partial charge on any atom is -0.384 e. The lowest BCUT2D eigenvalue weighted by molar-refractivity contribution is 0.350. The van der Waals surface area contributed by atoms with Crippen LogP contribution in [0.3, 0.4) is 0 Å². The molecule has 1 aromatic heterocycles. The van der Waals surface area contributed by atoms with Crippen molar-refractivity contribution < 1.29 is 9.50 Å². The number of nitrogens with zero attached hydrogens (tertiary/aromatic N) is 1. The maximum Gasteiger partial charge on any atom is 0.273 e. The molecular formula is C16H10FNO2S. The number of aliphatic hydroxyl groups excluding tert-OH is 1. The number of aliphatic hydroxyl groups is 1. The van der Waals surface area contributed by atoms with Crippen LogP contribution in [0, 0.1) is 17.7 Å². The average molecular weight is 299 g/mol. The van der Waals surface area contributed by atoms with E-state index in [0.717, 1.165) is 4.70 Å². The summed E-state index contributed by atoms with van der Waals surface area (Å²) >= 11 is 1.30. The molecule has 0 aliphatic carbocycles. The number of hydrogen-bond donors (Lipinski definition) is 1. The second-order valence-corrected chi connectivity index (χ2v) is 5.30. The van der Waals surface area contributed by atoms with E-state index in [2.05, 4.69) is 11.8 Å². The quantitative estimate of drug-likeness (QED) is 0.702. The maximum atomic E-state index is 13.6. The third-order valence-corrected chi connectivity index (χ3v) is 4.09. The summed E-state index contributed by atoms with van der Waals surface area (Å²) in [6, 6.07) is 11.6. The third-order valence-electron chi connectivity index (χ3n) is 2.98. The van der Waals surface area contributed by atoms with Crippen LogP contribution in [0.25, 0.3) is 15.8 Å². The molecule has 0 radical (unpaired) electrons. The van der Waals surface area contributed by atoms with Gasteiger partial charge in [0.1, 0.15) is 12.4 Å². The van der Waals surface area contributed by atoms with Gasteiger partial charge in [0, 0.05) is 0 Å². The summed E-state index contributed by atoms with van der Waals surface area (Å²) in [5.41, 5.74) is 0.582. The molecule has 0 saturated heterocycles. The second-order valence-electron chi connectivity index (χ2n) is 4.31. The maximum absolute atomic E-state index is 13.6. The molecule has 1 heterocycles. The van der Waals surface area contributed by atoms with E-state index in [-0.39, 0.29) is 17.7 Å².